The number of pyridine rings is 1. The Labute approximate surface area is 177 Å². The molecule has 4 rings (SSSR count). The minimum Gasteiger partial charge on any atom is -0.481 e. The van der Waals surface area contributed by atoms with Crippen LogP contribution in [0.2, 0.25) is 0 Å². The van der Waals surface area contributed by atoms with Gasteiger partial charge in [0, 0.05) is 48.4 Å². The van der Waals surface area contributed by atoms with Gasteiger partial charge in [-0.25, -0.2) is 0 Å². The Bertz CT molecular complexity index is 1100. The van der Waals surface area contributed by atoms with Crippen molar-refractivity contribution in [2.24, 2.45) is 5.92 Å². The van der Waals surface area contributed by atoms with Crippen molar-refractivity contribution in [3.63, 3.8) is 0 Å². The van der Waals surface area contributed by atoms with Gasteiger partial charge in [-0.15, -0.1) is 11.8 Å². The number of hydrogen-bond donors (Lipinski definition) is 1. The molecule has 1 N–H and O–H groups in total. The highest BCUT2D eigenvalue weighted by Crippen LogP contribution is 2.40. The fourth-order valence-corrected chi connectivity index (χ4v) is 5.21. The summed E-state index contributed by atoms with van der Waals surface area (Å²) < 4.78 is 1.81. The largest absolute Gasteiger partial charge is 0.481 e. The van der Waals surface area contributed by atoms with Crippen molar-refractivity contribution in [1.29, 1.82) is 5.26 Å². The van der Waals surface area contributed by atoms with E-state index in [-0.39, 0.29) is 34.8 Å². The zero-order valence-electron chi connectivity index (χ0n) is 16.3. The van der Waals surface area contributed by atoms with Gasteiger partial charge >= 0.3 is 5.97 Å². The van der Waals surface area contributed by atoms with E-state index in [1.54, 1.807) is 23.1 Å². The quantitative estimate of drug-likeness (QED) is 0.790. The molecular formula is C22H21N3O4S. The van der Waals surface area contributed by atoms with E-state index in [0.717, 1.165) is 35.0 Å². The second kappa shape index (κ2) is 8.36. The molecule has 1 aromatic carbocycles. The standard InChI is InChI=1S/C22H21N3O4S/c23-8-15-3-1-2-4-17(15)18-5-6-19(26)25-10-14-7-16(22(18)25)11-24(9-14)20(27)12-30-13-21(28)29/h1-6,14,16H,7,9-13H2,(H,28,29)/t14-,16+/m0/s1. The lowest BCUT2D eigenvalue weighted by atomic mass is 9.80. The molecule has 2 aliphatic rings. The number of aromatic nitrogens is 1. The number of piperidine rings is 1. The molecule has 0 spiro atoms. The zero-order chi connectivity index (χ0) is 21.3. The first kappa shape index (κ1) is 20.2. The molecule has 1 aromatic heterocycles. The molecule has 0 radical (unpaired) electrons. The van der Waals surface area contributed by atoms with Crippen LogP contribution in [0.3, 0.4) is 0 Å². The van der Waals surface area contributed by atoms with Gasteiger partial charge in [-0.2, -0.15) is 5.26 Å². The molecule has 8 heteroatoms. The van der Waals surface area contributed by atoms with Gasteiger partial charge in [0.05, 0.1) is 23.1 Å². The number of carbonyl (C=O) groups is 2. The number of thioether (sulfide) groups is 1. The maximum atomic E-state index is 12.6. The molecule has 2 aliphatic heterocycles. The van der Waals surface area contributed by atoms with E-state index in [2.05, 4.69) is 6.07 Å². The van der Waals surface area contributed by atoms with Gasteiger partial charge in [0.2, 0.25) is 5.91 Å². The Hall–Kier alpha value is -3.05. The van der Waals surface area contributed by atoms with Crippen molar-refractivity contribution in [2.45, 2.75) is 18.9 Å². The molecule has 0 unspecified atom stereocenters. The number of nitrogens with zero attached hydrogens (tertiary/aromatic N) is 3. The zero-order valence-corrected chi connectivity index (χ0v) is 17.1. The van der Waals surface area contributed by atoms with E-state index in [1.807, 2.05) is 22.8 Å². The van der Waals surface area contributed by atoms with Crippen LogP contribution in [-0.2, 0) is 16.1 Å². The van der Waals surface area contributed by atoms with Gasteiger partial charge in [0.25, 0.3) is 5.56 Å². The first-order valence-electron chi connectivity index (χ1n) is 9.78. The Morgan fingerprint density at radius 3 is 2.67 bits per heavy atom. The molecule has 2 bridgehead atoms. The Morgan fingerprint density at radius 2 is 1.90 bits per heavy atom. The van der Waals surface area contributed by atoms with Crippen LogP contribution in [0.1, 0.15) is 23.6 Å². The van der Waals surface area contributed by atoms with Gasteiger partial charge in [-0.05, 0) is 24.5 Å². The van der Waals surface area contributed by atoms with Crippen LogP contribution in [-0.4, -0.2) is 51.0 Å². The number of carboxylic acid groups (broad SMARTS) is 1. The molecule has 1 saturated heterocycles. The number of rotatable bonds is 5. The molecule has 1 amide bonds. The summed E-state index contributed by atoms with van der Waals surface area (Å²) in [6.45, 7) is 1.61. The van der Waals surface area contributed by atoms with E-state index >= 15 is 0 Å². The molecule has 0 aliphatic carbocycles. The van der Waals surface area contributed by atoms with Gasteiger partial charge < -0.3 is 14.6 Å². The van der Waals surface area contributed by atoms with Crippen LogP contribution in [0.25, 0.3) is 11.1 Å². The van der Waals surface area contributed by atoms with E-state index in [1.165, 1.54) is 0 Å². The first-order chi connectivity index (χ1) is 14.5. The lowest BCUT2D eigenvalue weighted by Gasteiger charge is -2.43. The van der Waals surface area contributed by atoms with Gasteiger partial charge in [-0.3, -0.25) is 14.4 Å². The number of nitriles is 1. The molecular weight excluding hydrogens is 402 g/mol. The normalized spacial score (nSPS) is 19.6. The number of fused-ring (bicyclic) bond motifs is 4. The number of benzene rings is 1. The summed E-state index contributed by atoms with van der Waals surface area (Å²) in [7, 11) is 0. The minimum atomic E-state index is -0.933. The second-order valence-corrected chi connectivity index (χ2v) is 8.71. The molecule has 2 aromatic rings. The molecule has 7 nitrogen and oxygen atoms in total. The first-order valence-corrected chi connectivity index (χ1v) is 10.9. The van der Waals surface area contributed by atoms with E-state index in [0.29, 0.717) is 25.2 Å². The molecule has 1 fully saturated rings. The third-order valence-corrected chi connectivity index (χ3v) is 6.63. The number of hydrogen-bond acceptors (Lipinski definition) is 5. The van der Waals surface area contributed by atoms with E-state index in [9.17, 15) is 19.6 Å². The minimum absolute atomic E-state index is 0.00146. The van der Waals surface area contributed by atoms with Crippen molar-refractivity contribution < 1.29 is 14.7 Å². The highest BCUT2D eigenvalue weighted by Gasteiger charge is 2.37. The van der Waals surface area contributed by atoms with Gasteiger partial charge in [0.15, 0.2) is 0 Å². The fraction of sp³-hybridized carbons (Fsp3) is 0.364. The van der Waals surface area contributed by atoms with E-state index in [4.69, 9.17) is 5.11 Å². The van der Waals surface area contributed by atoms with Crippen LogP contribution in [0, 0.1) is 17.2 Å². The van der Waals surface area contributed by atoms with Crippen molar-refractivity contribution in [3.8, 4) is 17.2 Å². The number of amides is 1. The lowest BCUT2D eigenvalue weighted by Crippen LogP contribution is -2.49. The molecule has 30 heavy (non-hydrogen) atoms. The number of aliphatic carboxylic acids is 1. The lowest BCUT2D eigenvalue weighted by molar-refractivity contribution is -0.133. The topological polar surface area (TPSA) is 103 Å². The summed E-state index contributed by atoms with van der Waals surface area (Å²) in [4.78, 5) is 37.8. The summed E-state index contributed by atoms with van der Waals surface area (Å²) >= 11 is 1.10. The average molecular weight is 423 g/mol. The molecule has 3 heterocycles. The van der Waals surface area contributed by atoms with Crippen molar-refractivity contribution in [2.75, 3.05) is 24.6 Å². The van der Waals surface area contributed by atoms with Crippen molar-refractivity contribution in [1.82, 2.24) is 9.47 Å². The summed E-state index contributed by atoms with van der Waals surface area (Å²) in [5, 5.41) is 18.3. The highest BCUT2D eigenvalue weighted by atomic mass is 32.2. The third-order valence-electron chi connectivity index (χ3n) is 5.73. The fourth-order valence-electron chi connectivity index (χ4n) is 4.58. The summed E-state index contributed by atoms with van der Waals surface area (Å²) in [6, 6.07) is 12.9. The number of likely N-dealkylation sites (tertiary alicyclic amines) is 1. The predicted molar refractivity (Wildman–Crippen MR) is 113 cm³/mol. The summed E-state index contributed by atoms with van der Waals surface area (Å²) in [5.41, 5.74) is 3.04. The molecule has 2 atom stereocenters. The van der Waals surface area contributed by atoms with Crippen LogP contribution in [0.15, 0.2) is 41.2 Å². The van der Waals surface area contributed by atoms with Crippen LogP contribution in [0.4, 0.5) is 0 Å². The predicted octanol–water partition coefficient (Wildman–Crippen LogP) is 2.15. The van der Waals surface area contributed by atoms with Crippen molar-refractivity contribution >= 4 is 23.6 Å². The van der Waals surface area contributed by atoms with Crippen LogP contribution >= 0.6 is 11.8 Å². The monoisotopic (exact) mass is 423 g/mol. The van der Waals surface area contributed by atoms with Crippen molar-refractivity contribution in [3.05, 3.63) is 58.0 Å². The summed E-state index contributed by atoms with van der Waals surface area (Å²) in [5.74, 6) is -0.776. The second-order valence-electron chi connectivity index (χ2n) is 7.72. The third kappa shape index (κ3) is 3.85. The molecule has 154 valence electrons. The summed E-state index contributed by atoms with van der Waals surface area (Å²) in [6.07, 6.45) is 0.886. The van der Waals surface area contributed by atoms with Crippen LogP contribution < -0.4 is 5.56 Å². The SMILES string of the molecule is N#Cc1ccccc1-c1ccc(=O)n2c1[C@@H]1C[C@@H](CN(C(=O)CSCC(=O)O)C1)C2. The van der Waals surface area contributed by atoms with E-state index < -0.39 is 5.97 Å². The Balaban J connectivity index is 1.67. The van der Waals surface area contributed by atoms with Gasteiger partial charge in [-0.1, -0.05) is 18.2 Å². The Kier molecular flexibility index (Phi) is 5.64. The average Bonchev–Trinajstić information content (AvgIpc) is 2.74. The molecule has 0 saturated carbocycles. The Morgan fingerprint density at radius 1 is 1.10 bits per heavy atom. The maximum Gasteiger partial charge on any atom is 0.313 e. The number of carbonyl (C=O) groups excluding carboxylic acids is 1. The van der Waals surface area contributed by atoms with Crippen LogP contribution in [0.5, 0.6) is 0 Å². The number of carboxylic acids is 1. The van der Waals surface area contributed by atoms with Gasteiger partial charge in [0.1, 0.15) is 0 Å². The highest BCUT2D eigenvalue weighted by molar-refractivity contribution is 8.00. The smallest absolute Gasteiger partial charge is 0.313 e. The maximum absolute atomic E-state index is 12.6.